The number of carbonyl (C=O) groups excluding carboxylic acids is 2. The molecule has 5 rings (SSSR count). The lowest BCUT2D eigenvalue weighted by Gasteiger charge is -2.37. The summed E-state index contributed by atoms with van der Waals surface area (Å²) in [6, 6.07) is 11.0. The van der Waals surface area contributed by atoms with E-state index >= 15 is 0 Å². The molecule has 0 N–H and O–H groups in total. The third-order valence-corrected chi connectivity index (χ3v) is 6.37. The van der Waals surface area contributed by atoms with Crippen molar-refractivity contribution in [2.45, 2.75) is 13.5 Å². The fourth-order valence-corrected chi connectivity index (χ4v) is 4.66. The van der Waals surface area contributed by atoms with Crippen LogP contribution in [0.2, 0.25) is 0 Å². The van der Waals surface area contributed by atoms with Crippen molar-refractivity contribution in [1.82, 2.24) is 14.5 Å². The number of ether oxygens (including phenoxy) is 1. The van der Waals surface area contributed by atoms with Crippen LogP contribution in [0.5, 0.6) is 0 Å². The maximum absolute atomic E-state index is 13.9. The number of nitrogens with zero attached hydrogens (tertiary/aromatic N) is 4. The number of furan rings is 1. The topological polar surface area (TPSA) is 97.9 Å². The molecule has 190 valence electrons. The Morgan fingerprint density at radius 1 is 1.11 bits per heavy atom. The number of halogens is 1. The minimum absolute atomic E-state index is 0.0525. The number of esters is 1. The van der Waals surface area contributed by atoms with Crippen LogP contribution in [0.3, 0.4) is 0 Å². The van der Waals surface area contributed by atoms with Crippen molar-refractivity contribution >= 4 is 28.5 Å². The van der Waals surface area contributed by atoms with Gasteiger partial charge in [0.05, 0.1) is 36.8 Å². The highest BCUT2D eigenvalue weighted by Gasteiger charge is 2.31. The minimum Gasteiger partial charge on any atom is -0.462 e. The molecular weight excluding hydrogens is 479 g/mol. The number of anilines is 1. The van der Waals surface area contributed by atoms with E-state index in [2.05, 4.69) is 4.98 Å². The van der Waals surface area contributed by atoms with Crippen LogP contribution in [0.25, 0.3) is 10.9 Å². The summed E-state index contributed by atoms with van der Waals surface area (Å²) in [6.45, 7) is 3.36. The van der Waals surface area contributed by atoms with Gasteiger partial charge in [0.15, 0.2) is 5.76 Å². The number of hydrogen-bond acceptors (Lipinski definition) is 7. The lowest BCUT2D eigenvalue weighted by Crippen LogP contribution is -2.49. The van der Waals surface area contributed by atoms with Crippen molar-refractivity contribution in [3.8, 4) is 0 Å². The molecule has 1 saturated heterocycles. The lowest BCUT2D eigenvalue weighted by atomic mass is 10.1. The normalized spacial score (nSPS) is 13.7. The fourth-order valence-electron chi connectivity index (χ4n) is 4.66. The standard InChI is InChI=1S/C27H25FN4O5/c1-2-36-27(35)23-24(30-10-12-31(13-11-30)25(33)22-7-4-14-37-22)20-8-9-29-16-21(20)32(26(23)34)17-18-5-3-6-19(28)15-18/h3-9,14-16H,2,10-13,17H2,1H3. The predicted octanol–water partition coefficient (Wildman–Crippen LogP) is 3.32. The fraction of sp³-hybridized carbons (Fsp3) is 0.259. The van der Waals surface area contributed by atoms with E-state index in [0.717, 1.165) is 0 Å². The van der Waals surface area contributed by atoms with Crippen molar-refractivity contribution in [1.29, 1.82) is 0 Å². The van der Waals surface area contributed by atoms with Crippen LogP contribution < -0.4 is 10.5 Å². The summed E-state index contributed by atoms with van der Waals surface area (Å²) in [6.07, 6.45) is 4.60. The number of hydrogen-bond donors (Lipinski definition) is 0. The third-order valence-electron chi connectivity index (χ3n) is 6.37. The molecule has 1 fully saturated rings. The highest BCUT2D eigenvalue weighted by Crippen LogP contribution is 2.30. The average molecular weight is 505 g/mol. The van der Waals surface area contributed by atoms with E-state index in [4.69, 9.17) is 9.15 Å². The van der Waals surface area contributed by atoms with Gasteiger partial charge in [0.1, 0.15) is 11.4 Å². The summed E-state index contributed by atoms with van der Waals surface area (Å²) in [7, 11) is 0. The largest absolute Gasteiger partial charge is 0.462 e. The Kier molecular flexibility index (Phi) is 6.72. The first-order valence-electron chi connectivity index (χ1n) is 12.0. The maximum atomic E-state index is 13.9. The maximum Gasteiger partial charge on any atom is 0.345 e. The molecule has 0 spiro atoms. The Balaban J connectivity index is 1.58. The zero-order valence-electron chi connectivity index (χ0n) is 20.2. The van der Waals surface area contributed by atoms with Gasteiger partial charge in [0, 0.05) is 37.8 Å². The van der Waals surface area contributed by atoms with Gasteiger partial charge in [-0.15, -0.1) is 0 Å². The molecule has 3 aromatic heterocycles. The quantitative estimate of drug-likeness (QED) is 0.372. The zero-order chi connectivity index (χ0) is 25.9. The number of benzene rings is 1. The smallest absolute Gasteiger partial charge is 0.345 e. The first-order valence-corrected chi connectivity index (χ1v) is 12.0. The lowest BCUT2D eigenvalue weighted by molar-refractivity contribution is 0.0523. The van der Waals surface area contributed by atoms with Crippen LogP contribution >= 0.6 is 0 Å². The van der Waals surface area contributed by atoms with E-state index < -0.39 is 17.3 Å². The molecule has 10 heteroatoms. The Bertz CT molecular complexity index is 1510. The van der Waals surface area contributed by atoms with Gasteiger partial charge < -0.3 is 23.5 Å². The van der Waals surface area contributed by atoms with E-state index in [1.54, 1.807) is 54.5 Å². The molecule has 9 nitrogen and oxygen atoms in total. The van der Waals surface area contributed by atoms with Crippen LogP contribution in [-0.4, -0.2) is 59.1 Å². The molecule has 1 aromatic carbocycles. The SMILES string of the molecule is CCOC(=O)c1c(N2CCN(C(=O)c3ccco3)CC2)c2ccncc2n(Cc2cccc(F)c2)c1=O. The van der Waals surface area contributed by atoms with Gasteiger partial charge >= 0.3 is 5.97 Å². The summed E-state index contributed by atoms with van der Waals surface area (Å²) in [5.41, 5.74) is 0.880. The number of aromatic nitrogens is 2. The molecule has 0 unspecified atom stereocenters. The van der Waals surface area contributed by atoms with E-state index in [1.165, 1.54) is 23.0 Å². The number of fused-ring (bicyclic) bond motifs is 1. The Morgan fingerprint density at radius 3 is 2.62 bits per heavy atom. The average Bonchev–Trinajstić information content (AvgIpc) is 3.45. The Morgan fingerprint density at radius 2 is 1.92 bits per heavy atom. The van der Waals surface area contributed by atoms with Crippen molar-refractivity contribution in [2.24, 2.45) is 0 Å². The van der Waals surface area contributed by atoms with Gasteiger partial charge in [0.2, 0.25) is 0 Å². The molecule has 1 aliphatic heterocycles. The van der Waals surface area contributed by atoms with E-state index in [-0.39, 0.29) is 30.4 Å². The number of piperazine rings is 1. The first kappa shape index (κ1) is 24.2. The second kappa shape index (κ2) is 10.3. The molecule has 0 aliphatic carbocycles. The number of amides is 1. The molecule has 0 radical (unpaired) electrons. The Labute approximate surface area is 211 Å². The van der Waals surface area contributed by atoms with Gasteiger partial charge in [-0.3, -0.25) is 14.6 Å². The molecule has 1 aliphatic rings. The highest BCUT2D eigenvalue weighted by molar-refractivity contribution is 6.05. The number of carbonyl (C=O) groups is 2. The van der Waals surface area contributed by atoms with Gasteiger partial charge in [-0.2, -0.15) is 0 Å². The van der Waals surface area contributed by atoms with Crippen molar-refractivity contribution < 1.29 is 23.1 Å². The summed E-state index contributed by atoms with van der Waals surface area (Å²) in [5, 5.41) is 0.639. The van der Waals surface area contributed by atoms with Crippen LogP contribution in [0.15, 0.2) is 70.3 Å². The zero-order valence-corrected chi connectivity index (χ0v) is 20.2. The number of rotatable bonds is 6. The minimum atomic E-state index is -0.733. The highest BCUT2D eigenvalue weighted by atomic mass is 19.1. The molecule has 4 heterocycles. The first-order chi connectivity index (χ1) is 18.0. The van der Waals surface area contributed by atoms with Crippen molar-refractivity contribution in [3.05, 3.63) is 94.2 Å². The predicted molar refractivity (Wildman–Crippen MR) is 134 cm³/mol. The Hall–Kier alpha value is -4.47. The van der Waals surface area contributed by atoms with Crippen LogP contribution in [0, 0.1) is 5.82 Å². The summed E-state index contributed by atoms with van der Waals surface area (Å²) in [4.78, 5) is 47.5. The second-order valence-electron chi connectivity index (χ2n) is 8.61. The van der Waals surface area contributed by atoms with Crippen molar-refractivity contribution in [2.75, 3.05) is 37.7 Å². The van der Waals surface area contributed by atoms with Gasteiger partial charge in [-0.1, -0.05) is 12.1 Å². The molecule has 4 aromatic rings. The van der Waals surface area contributed by atoms with E-state index in [9.17, 15) is 18.8 Å². The van der Waals surface area contributed by atoms with Crippen LogP contribution in [0.4, 0.5) is 10.1 Å². The molecule has 37 heavy (non-hydrogen) atoms. The molecule has 0 bridgehead atoms. The van der Waals surface area contributed by atoms with Crippen LogP contribution in [0.1, 0.15) is 33.4 Å². The second-order valence-corrected chi connectivity index (χ2v) is 8.61. The van der Waals surface area contributed by atoms with Gasteiger partial charge in [-0.05, 0) is 42.8 Å². The monoisotopic (exact) mass is 504 g/mol. The summed E-state index contributed by atoms with van der Waals surface area (Å²) in [5.74, 6) is -1.10. The van der Waals surface area contributed by atoms with Gasteiger partial charge in [0.25, 0.3) is 11.5 Å². The molecular formula is C27H25FN4O5. The van der Waals surface area contributed by atoms with E-state index in [0.29, 0.717) is 48.3 Å². The number of pyridine rings is 2. The summed E-state index contributed by atoms with van der Waals surface area (Å²) >= 11 is 0. The van der Waals surface area contributed by atoms with Crippen LogP contribution in [-0.2, 0) is 11.3 Å². The third kappa shape index (κ3) is 4.69. The molecule has 1 amide bonds. The van der Waals surface area contributed by atoms with Crippen molar-refractivity contribution in [3.63, 3.8) is 0 Å². The van der Waals surface area contributed by atoms with Gasteiger partial charge in [-0.25, -0.2) is 9.18 Å². The summed E-state index contributed by atoms with van der Waals surface area (Å²) < 4.78 is 25.8. The van der Waals surface area contributed by atoms with E-state index in [1.807, 2.05) is 4.90 Å². The molecule has 0 saturated carbocycles. The molecule has 0 atom stereocenters.